The third-order valence-electron chi connectivity index (χ3n) is 2.54. The number of hydrogen-bond donors (Lipinski definition) is 1. The number of rotatable bonds is 4. The number of likely N-dealkylation sites (N-methyl/N-ethyl adjacent to an activating group) is 1. The van der Waals surface area contributed by atoms with Crippen LogP contribution in [0.2, 0.25) is 5.02 Å². The monoisotopic (exact) mass is 312 g/mol. The van der Waals surface area contributed by atoms with Crippen molar-refractivity contribution in [2.45, 2.75) is 0 Å². The average molecular weight is 313 g/mol. The number of carbonyl (C=O) groups excluding carboxylic acids is 1. The minimum Gasteiger partial charge on any atom is -0.349 e. The fourth-order valence-electron chi connectivity index (χ4n) is 1.70. The SMILES string of the molecule is CN(CC(=O)Nc1cc(F)cc(F)c1)c1ncncc1Cl. The van der Waals surface area contributed by atoms with Gasteiger partial charge in [-0.3, -0.25) is 4.79 Å². The number of amides is 1. The van der Waals surface area contributed by atoms with E-state index in [0.29, 0.717) is 10.8 Å². The molecule has 2 rings (SSSR count). The highest BCUT2D eigenvalue weighted by Crippen LogP contribution is 2.20. The van der Waals surface area contributed by atoms with Gasteiger partial charge in [-0.15, -0.1) is 0 Å². The Hall–Kier alpha value is -2.28. The number of nitrogens with zero attached hydrogens (tertiary/aromatic N) is 3. The zero-order valence-corrected chi connectivity index (χ0v) is 11.7. The Labute approximate surface area is 124 Å². The molecule has 0 aliphatic rings. The van der Waals surface area contributed by atoms with Gasteiger partial charge in [0.1, 0.15) is 23.0 Å². The van der Waals surface area contributed by atoms with E-state index in [4.69, 9.17) is 11.6 Å². The van der Waals surface area contributed by atoms with Crippen molar-refractivity contribution in [2.75, 3.05) is 23.8 Å². The predicted octanol–water partition coefficient (Wildman–Crippen LogP) is 2.48. The van der Waals surface area contributed by atoms with Gasteiger partial charge in [-0.2, -0.15) is 0 Å². The maximum atomic E-state index is 13.0. The lowest BCUT2D eigenvalue weighted by molar-refractivity contribution is -0.114. The third kappa shape index (κ3) is 4.09. The second-order valence-corrected chi connectivity index (χ2v) is 4.66. The molecule has 1 heterocycles. The summed E-state index contributed by atoms with van der Waals surface area (Å²) in [6.07, 6.45) is 2.71. The smallest absolute Gasteiger partial charge is 0.243 e. The van der Waals surface area contributed by atoms with Crippen molar-refractivity contribution >= 4 is 29.0 Å². The number of aromatic nitrogens is 2. The molecule has 0 saturated carbocycles. The Balaban J connectivity index is 2.03. The molecule has 1 aromatic carbocycles. The van der Waals surface area contributed by atoms with Crippen molar-refractivity contribution in [3.8, 4) is 0 Å². The number of benzene rings is 1. The molecule has 0 saturated heterocycles. The van der Waals surface area contributed by atoms with Gasteiger partial charge in [0.05, 0.1) is 12.7 Å². The molecule has 0 atom stereocenters. The topological polar surface area (TPSA) is 58.1 Å². The van der Waals surface area contributed by atoms with Gasteiger partial charge in [0.2, 0.25) is 5.91 Å². The Morgan fingerprint density at radius 2 is 2.00 bits per heavy atom. The number of carbonyl (C=O) groups is 1. The van der Waals surface area contributed by atoms with Crippen molar-refractivity contribution in [3.05, 3.63) is 47.4 Å². The number of hydrogen-bond acceptors (Lipinski definition) is 4. The minimum absolute atomic E-state index is 0.0414. The molecule has 0 bridgehead atoms. The Kier molecular flexibility index (Phi) is 4.64. The number of nitrogens with one attached hydrogen (secondary N) is 1. The summed E-state index contributed by atoms with van der Waals surface area (Å²) < 4.78 is 26.0. The summed E-state index contributed by atoms with van der Waals surface area (Å²) in [5.41, 5.74) is 0.0414. The molecule has 0 radical (unpaired) electrons. The standard InChI is InChI=1S/C13H11ClF2N4O/c1-20(13-11(14)5-17-7-18-13)6-12(21)19-10-3-8(15)2-9(16)4-10/h2-5,7H,6H2,1H3,(H,19,21). The highest BCUT2D eigenvalue weighted by Gasteiger charge is 2.12. The van der Waals surface area contributed by atoms with Crippen molar-refractivity contribution < 1.29 is 13.6 Å². The van der Waals surface area contributed by atoms with Crippen LogP contribution in [0, 0.1) is 11.6 Å². The van der Waals surface area contributed by atoms with E-state index in [2.05, 4.69) is 15.3 Å². The first-order chi connectivity index (χ1) is 9.95. The lowest BCUT2D eigenvalue weighted by Crippen LogP contribution is -2.30. The summed E-state index contributed by atoms with van der Waals surface area (Å²) in [4.78, 5) is 21.0. The second kappa shape index (κ2) is 6.45. The number of anilines is 2. The van der Waals surface area contributed by atoms with Crippen LogP contribution >= 0.6 is 11.6 Å². The molecule has 110 valence electrons. The van der Waals surface area contributed by atoms with Crippen LogP contribution in [0.3, 0.4) is 0 Å². The van der Waals surface area contributed by atoms with Gasteiger partial charge >= 0.3 is 0 Å². The van der Waals surface area contributed by atoms with Gasteiger partial charge in [-0.05, 0) is 12.1 Å². The molecule has 1 aromatic heterocycles. The summed E-state index contributed by atoms with van der Waals surface area (Å²) >= 11 is 5.91. The maximum Gasteiger partial charge on any atom is 0.243 e. The van der Waals surface area contributed by atoms with Gasteiger partial charge in [0.25, 0.3) is 0 Å². The number of halogens is 3. The van der Waals surface area contributed by atoms with Crippen LogP contribution in [-0.4, -0.2) is 29.5 Å². The van der Waals surface area contributed by atoms with Crippen LogP contribution in [0.4, 0.5) is 20.3 Å². The minimum atomic E-state index is -0.766. The van der Waals surface area contributed by atoms with E-state index in [0.717, 1.165) is 18.2 Å². The first-order valence-corrected chi connectivity index (χ1v) is 6.26. The molecule has 1 N–H and O–H groups in total. The van der Waals surface area contributed by atoms with E-state index < -0.39 is 17.5 Å². The molecule has 8 heteroatoms. The second-order valence-electron chi connectivity index (χ2n) is 4.26. The van der Waals surface area contributed by atoms with Gasteiger partial charge < -0.3 is 10.2 Å². The van der Waals surface area contributed by atoms with Crippen molar-refractivity contribution in [1.29, 1.82) is 0 Å². The molecule has 21 heavy (non-hydrogen) atoms. The Morgan fingerprint density at radius 3 is 2.62 bits per heavy atom. The van der Waals surface area contributed by atoms with Crippen LogP contribution < -0.4 is 10.2 Å². The van der Waals surface area contributed by atoms with Crippen LogP contribution in [0.25, 0.3) is 0 Å². The molecule has 5 nitrogen and oxygen atoms in total. The van der Waals surface area contributed by atoms with E-state index in [9.17, 15) is 13.6 Å². The molecule has 0 fully saturated rings. The van der Waals surface area contributed by atoms with Gasteiger partial charge in [-0.25, -0.2) is 18.7 Å². The van der Waals surface area contributed by atoms with E-state index in [1.165, 1.54) is 17.4 Å². The summed E-state index contributed by atoms with van der Waals surface area (Å²) in [5, 5.41) is 2.69. The summed E-state index contributed by atoms with van der Waals surface area (Å²) in [6, 6.07) is 2.78. The largest absolute Gasteiger partial charge is 0.349 e. The van der Waals surface area contributed by atoms with E-state index in [-0.39, 0.29) is 12.2 Å². The van der Waals surface area contributed by atoms with Crippen molar-refractivity contribution in [3.63, 3.8) is 0 Å². The molecule has 0 aliphatic heterocycles. The van der Waals surface area contributed by atoms with Gasteiger partial charge in [-0.1, -0.05) is 11.6 Å². The molecule has 1 amide bonds. The zero-order chi connectivity index (χ0) is 15.4. The quantitative estimate of drug-likeness (QED) is 0.942. The molecule has 0 aliphatic carbocycles. The lowest BCUT2D eigenvalue weighted by atomic mass is 10.3. The molecule has 0 spiro atoms. The van der Waals surface area contributed by atoms with Crippen LogP contribution in [0.5, 0.6) is 0 Å². The molecule has 0 unspecified atom stereocenters. The summed E-state index contributed by atoms with van der Waals surface area (Å²) in [5.74, 6) is -1.61. The highest BCUT2D eigenvalue weighted by molar-refractivity contribution is 6.32. The zero-order valence-electron chi connectivity index (χ0n) is 11.0. The van der Waals surface area contributed by atoms with E-state index >= 15 is 0 Å². The van der Waals surface area contributed by atoms with Crippen LogP contribution in [0.1, 0.15) is 0 Å². The molecular weight excluding hydrogens is 302 g/mol. The first-order valence-electron chi connectivity index (χ1n) is 5.88. The van der Waals surface area contributed by atoms with E-state index in [1.807, 2.05) is 0 Å². The third-order valence-corrected chi connectivity index (χ3v) is 2.80. The Bertz CT molecular complexity index is 648. The lowest BCUT2D eigenvalue weighted by Gasteiger charge is -2.18. The Morgan fingerprint density at radius 1 is 1.33 bits per heavy atom. The van der Waals surface area contributed by atoms with Gasteiger partial charge in [0.15, 0.2) is 5.82 Å². The fraction of sp³-hybridized carbons (Fsp3) is 0.154. The molecule has 2 aromatic rings. The first kappa shape index (κ1) is 15.1. The van der Waals surface area contributed by atoms with Gasteiger partial charge in [0, 0.05) is 18.8 Å². The molecular formula is C13H11ClF2N4O. The maximum absolute atomic E-state index is 13.0. The predicted molar refractivity (Wildman–Crippen MR) is 75.3 cm³/mol. The average Bonchev–Trinajstić information content (AvgIpc) is 2.37. The normalized spacial score (nSPS) is 10.3. The van der Waals surface area contributed by atoms with Crippen LogP contribution in [0.15, 0.2) is 30.7 Å². The summed E-state index contributed by atoms with van der Waals surface area (Å²) in [7, 11) is 1.61. The van der Waals surface area contributed by atoms with E-state index in [1.54, 1.807) is 7.05 Å². The van der Waals surface area contributed by atoms with Crippen molar-refractivity contribution in [2.24, 2.45) is 0 Å². The van der Waals surface area contributed by atoms with Crippen LogP contribution in [-0.2, 0) is 4.79 Å². The van der Waals surface area contributed by atoms with Crippen molar-refractivity contribution in [1.82, 2.24) is 9.97 Å². The highest BCUT2D eigenvalue weighted by atomic mass is 35.5. The summed E-state index contributed by atoms with van der Waals surface area (Å²) in [6.45, 7) is -0.0884. The fourth-order valence-corrected chi connectivity index (χ4v) is 1.95.